The van der Waals surface area contributed by atoms with Crippen molar-refractivity contribution in [2.45, 2.75) is 63.8 Å². The van der Waals surface area contributed by atoms with Gasteiger partial charge in [-0.1, -0.05) is 43.2 Å². The zero-order valence-corrected chi connectivity index (χ0v) is 15.1. The number of aliphatic carboxylic acids is 1. The Morgan fingerprint density at radius 2 is 1.96 bits per heavy atom. The normalized spacial score (nSPS) is 23.3. The number of benzene rings is 1. The van der Waals surface area contributed by atoms with Gasteiger partial charge in [0.15, 0.2) is 5.54 Å². The van der Waals surface area contributed by atoms with Crippen LogP contribution in [0.5, 0.6) is 0 Å². The summed E-state index contributed by atoms with van der Waals surface area (Å²) < 4.78 is 10.9. The maximum Gasteiger partial charge on any atom is 0.411 e. The van der Waals surface area contributed by atoms with Gasteiger partial charge in [0, 0.05) is 13.2 Å². The highest BCUT2D eigenvalue weighted by atomic mass is 16.6. The number of hydrogen-bond donors (Lipinski definition) is 1. The Balaban J connectivity index is 2.26. The first-order chi connectivity index (χ1) is 11.9. The van der Waals surface area contributed by atoms with E-state index in [-0.39, 0.29) is 12.6 Å². The van der Waals surface area contributed by atoms with Crippen LogP contribution < -0.4 is 0 Å². The summed E-state index contributed by atoms with van der Waals surface area (Å²) in [6.45, 7) is 3.71. The van der Waals surface area contributed by atoms with E-state index in [0.29, 0.717) is 12.8 Å². The highest BCUT2D eigenvalue weighted by Gasteiger charge is 2.55. The van der Waals surface area contributed by atoms with E-state index in [1.807, 2.05) is 30.3 Å². The van der Waals surface area contributed by atoms with E-state index in [0.717, 1.165) is 18.4 Å². The molecule has 0 aromatic heterocycles. The molecule has 0 heterocycles. The molecule has 1 aliphatic rings. The number of amides is 1. The standard InChI is InChI=1S/C19H27NO5/c1-14(2)20(18(23)25-13-15-9-5-4-6-10-15)19(17(21)22)12-8-7-11-16(19)24-3/h4-6,9-10,14,16H,7-8,11-13H2,1-3H3,(H,21,22). The molecule has 2 atom stereocenters. The summed E-state index contributed by atoms with van der Waals surface area (Å²) in [4.78, 5) is 26.4. The molecule has 25 heavy (non-hydrogen) atoms. The number of hydrogen-bond acceptors (Lipinski definition) is 4. The Hall–Kier alpha value is -2.08. The van der Waals surface area contributed by atoms with E-state index < -0.39 is 23.7 Å². The number of carboxylic acids is 1. The Morgan fingerprint density at radius 1 is 1.28 bits per heavy atom. The van der Waals surface area contributed by atoms with E-state index in [9.17, 15) is 14.7 Å². The molecule has 2 rings (SSSR count). The number of methoxy groups -OCH3 is 1. The van der Waals surface area contributed by atoms with Crippen LogP contribution in [0.1, 0.15) is 45.1 Å². The topological polar surface area (TPSA) is 76.1 Å². The molecule has 1 amide bonds. The van der Waals surface area contributed by atoms with Gasteiger partial charge in [0.2, 0.25) is 0 Å². The summed E-state index contributed by atoms with van der Waals surface area (Å²) in [5.74, 6) is -1.04. The van der Waals surface area contributed by atoms with E-state index in [1.54, 1.807) is 13.8 Å². The van der Waals surface area contributed by atoms with Gasteiger partial charge in [-0.2, -0.15) is 0 Å². The van der Waals surface area contributed by atoms with Gasteiger partial charge in [0.1, 0.15) is 6.61 Å². The summed E-state index contributed by atoms with van der Waals surface area (Å²) in [7, 11) is 1.50. The second-order valence-electron chi connectivity index (χ2n) is 6.70. The van der Waals surface area contributed by atoms with Gasteiger partial charge in [0.05, 0.1) is 6.10 Å². The number of carboxylic acid groups (broad SMARTS) is 1. The first-order valence-corrected chi connectivity index (χ1v) is 8.69. The minimum atomic E-state index is -1.39. The number of carbonyl (C=O) groups excluding carboxylic acids is 1. The highest BCUT2D eigenvalue weighted by Crippen LogP contribution is 2.38. The van der Waals surface area contributed by atoms with Gasteiger partial charge in [-0.25, -0.2) is 9.59 Å². The van der Waals surface area contributed by atoms with Crippen LogP contribution in [0.15, 0.2) is 30.3 Å². The number of carbonyl (C=O) groups is 2. The second kappa shape index (κ2) is 8.34. The van der Waals surface area contributed by atoms with Crippen molar-refractivity contribution in [3.05, 3.63) is 35.9 Å². The number of nitrogens with zero attached hydrogens (tertiary/aromatic N) is 1. The zero-order chi connectivity index (χ0) is 18.4. The first-order valence-electron chi connectivity index (χ1n) is 8.69. The summed E-state index contributed by atoms with van der Waals surface area (Å²) in [5, 5.41) is 10.0. The van der Waals surface area contributed by atoms with Crippen LogP contribution in [-0.4, -0.2) is 46.9 Å². The summed E-state index contributed by atoms with van der Waals surface area (Å²) in [6.07, 6.45) is 1.42. The minimum absolute atomic E-state index is 0.107. The molecule has 1 aromatic carbocycles. The van der Waals surface area contributed by atoms with Crippen LogP contribution in [0, 0.1) is 0 Å². The fraction of sp³-hybridized carbons (Fsp3) is 0.579. The molecule has 6 nitrogen and oxygen atoms in total. The molecular formula is C19H27NO5. The molecule has 1 N–H and O–H groups in total. The van der Waals surface area contributed by atoms with Crippen molar-refractivity contribution < 1.29 is 24.2 Å². The molecule has 0 radical (unpaired) electrons. The summed E-state index contributed by atoms with van der Waals surface area (Å²) >= 11 is 0. The molecule has 1 aliphatic carbocycles. The zero-order valence-electron chi connectivity index (χ0n) is 15.1. The smallest absolute Gasteiger partial charge is 0.411 e. The third kappa shape index (κ3) is 3.95. The van der Waals surface area contributed by atoms with Crippen molar-refractivity contribution in [3.8, 4) is 0 Å². The molecule has 1 fully saturated rings. The fourth-order valence-electron chi connectivity index (χ4n) is 3.68. The van der Waals surface area contributed by atoms with Crippen molar-refractivity contribution in [1.82, 2.24) is 4.90 Å². The Kier molecular flexibility index (Phi) is 6.42. The third-order valence-corrected chi connectivity index (χ3v) is 4.81. The Labute approximate surface area is 148 Å². The lowest BCUT2D eigenvalue weighted by Crippen LogP contribution is -2.67. The molecule has 6 heteroatoms. The quantitative estimate of drug-likeness (QED) is 0.851. The number of rotatable bonds is 6. The Morgan fingerprint density at radius 3 is 2.52 bits per heavy atom. The highest BCUT2D eigenvalue weighted by molar-refractivity contribution is 5.85. The van der Waals surface area contributed by atoms with Crippen molar-refractivity contribution in [1.29, 1.82) is 0 Å². The predicted octanol–water partition coefficient (Wildman–Crippen LogP) is 3.45. The van der Waals surface area contributed by atoms with Crippen LogP contribution in [-0.2, 0) is 20.9 Å². The lowest BCUT2D eigenvalue weighted by Gasteiger charge is -2.48. The molecule has 1 aromatic rings. The van der Waals surface area contributed by atoms with E-state index in [2.05, 4.69) is 0 Å². The van der Waals surface area contributed by atoms with Crippen LogP contribution in [0.3, 0.4) is 0 Å². The molecule has 0 bridgehead atoms. The summed E-state index contributed by atoms with van der Waals surface area (Å²) in [5.41, 5.74) is -0.537. The van der Waals surface area contributed by atoms with Crippen LogP contribution in [0.25, 0.3) is 0 Å². The summed E-state index contributed by atoms with van der Waals surface area (Å²) in [6, 6.07) is 9.01. The molecule has 0 saturated heterocycles. The van der Waals surface area contributed by atoms with E-state index >= 15 is 0 Å². The van der Waals surface area contributed by atoms with Gasteiger partial charge in [-0.15, -0.1) is 0 Å². The van der Waals surface area contributed by atoms with Crippen molar-refractivity contribution >= 4 is 12.1 Å². The molecule has 138 valence electrons. The molecule has 0 spiro atoms. The van der Waals surface area contributed by atoms with Gasteiger partial charge in [0.25, 0.3) is 0 Å². The fourth-order valence-corrected chi connectivity index (χ4v) is 3.68. The lowest BCUT2D eigenvalue weighted by atomic mass is 9.77. The van der Waals surface area contributed by atoms with Gasteiger partial charge < -0.3 is 14.6 Å². The maximum atomic E-state index is 12.8. The lowest BCUT2D eigenvalue weighted by molar-refractivity contribution is -0.168. The van der Waals surface area contributed by atoms with Gasteiger partial charge in [-0.3, -0.25) is 4.90 Å². The van der Waals surface area contributed by atoms with E-state index in [1.165, 1.54) is 12.0 Å². The Bertz CT molecular complexity index is 589. The van der Waals surface area contributed by atoms with Crippen LogP contribution in [0.4, 0.5) is 4.79 Å². The van der Waals surface area contributed by atoms with E-state index in [4.69, 9.17) is 9.47 Å². The number of ether oxygens (including phenoxy) is 2. The van der Waals surface area contributed by atoms with Crippen molar-refractivity contribution in [2.75, 3.05) is 7.11 Å². The van der Waals surface area contributed by atoms with Crippen molar-refractivity contribution in [2.24, 2.45) is 0 Å². The first kappa shape index (κ1) is 19.2. The van der Waals surface area contributed by atoms with Crippen LogP contribution in [0.2, 0.25) is 0 Å². The largest absolute Gasteiger partial charge is 0.479 e. The van der Waals surface area contributed by atoms with Gasteiger partial charge >= 0.3 is 12.1 Å². The van der Waals surface area contributed by atoms with Crippen molar-refractivity contribution in [3.63, 3.8) is 0 Å². The molecule has 2 unspecified atom stereocenters. The average molecular weight is 349 g/mol. The predicted molar refractivity (Wildman–Crippen MR) is 93.2 cm³/mol. The SMILES string of the molecule is COC1CCCCC1(C(=O)O)N(C(=O)OCc1ccccc1)C(C)C. The maximum absolute atomic E-state index is 12.8. The molecular weight excluding hydrogens is 322 g/mol. The monoisotopic (exact) mass is 349 g/mol. The second-order valence-corrected chi connectivity index (χ2v) is 6.70. The van der Waals surface area contributed by atoms with Gasteiger partial charge in [-0.05, 0) is 32.3 Å². The average Bonchev–Trinajstić information content (AvgIpc) is 2.60. The third-order valence-electron chi connectivity index (χ3n) is 4.81. The molecule has 1 saturated carbocycles. The van der Waals surface area contributed by atoms with Crippen LogP contribution >= 0.6 is 0 Å². The minimum Gasteiger partial charge on any atom is -0.479 e. The molecule has 0 aliphatic heterocycles.